The van der Waals surface area contributed by atoms with Crippen molar-refractivity contribution >= 4 is 17.5 Å². The number of piperidine rings is 1. The summed E-state index contributed by atoms with van der Waals surface area (Å²) in [5.74, 6) is 0.526. The van der Waals surface area contributed by atoms with Crippen molar-refractivity contribution < 1.29 is 18.0 Å². The van der Waals surface area contributed by atoms with E-state index in [9.17, 15) is 22.8 Å². The number of pyridine rings is 1. The average Bonchev–Trinajstić information content (AvgIpc) is 3.62. The molecule has 0 unspecified atom stereocenters. The largest absolute Gasteiger partial charge is 0.416 e. The molecule has 2 aliphatic rings. The summed E-state index contributed by atoms with van der Waals surface area (Å²) in [4.78, 5) is 31.7. The van der Waals surface area contributed by atoms with Gasteiger partial charge in [-0.2, -0.15) is 13.2 Å². The molecule has 5 rings (SSSR count). The lowest BCUT2D eigenvalue weighted by atomic mass is 10.0. The highest BCUT2D eigenvalue weighted by atomic mass is 35.5. The molecule has 1 saturated heterocycles. The summed E-state index contributed by atoms with van der Waals surface area (Å²) in [6, 6.07) is 5.70. The minimum Gasteiger partial charge on any atom is -0.342 e. The predicted molar refractivity (Wildman–Crippen MR) is 119 cm³/mol. The Morgan fingerprint density at radius 2 is 1.71 bits per heavy atom. The molecule has 7 nitrogen and oxygen atoms in total. The Morgan fingerprint density at radius 3 is 2.29 bits per heavy atom. The predicted octanol–water partition coefficient (Wildman–Crippen LogP) is 4.34. The summed E-state index contributed by atoms with van der Waals surface area (Å²) in [5, 5.41) is 4.82. The van der Waals surface area contributed by atoms with E-state index in [4.69, 9.17) is 11.6 Å². The van der Waals surface area contributed by atoms with Gasteiger partial charge >= 0.3 is 11.9 Å². The maximum absolute atomic E-state index is 13.5. The Hall–Kier alpha value is -3.14. The highest BCUT2D eigenvalue weighted by Crippen LogP contribution is 2.34. The zero-order valence-corrected chi connectivity index (χ0v) is 18.8. The molecule has 0 bridgehead atoms. The van der Waals surface area contributed by atoms with Gasteiger partial charge in [-0.1, -0.05) is 11.6 Å². The summed E-state index contributed by atoms with van der Waals surface area (Å²) in [6.07, 6.45) is 1.43. The second-order valence-corrected chi connectivity index (χ2v) is 9.02. The number of halogens is 4. The SMILES string of the molecule is O=C(C1CC1)N1CCC(n2nc(-c3ccncc3Cl)n(-c3ccc(C(F)(F)F)cc3)c2=O)CC1. The molecule has 0 radical (unpaired) electrons. The number of aromatic nitrogens is 4. The van der Waals surface area contributed by atoms with Crippen molar-refractivity contribution in [1.82, 2.24) is 24.2 Å². The van der Waals surface area contributed by atoms with Gasteiger partial charge in [-0.05, 0) is 56.0 Å². The molecule has 178 valence electrons. The molecule has 1 amide bonds. The van der Waals surface area contributed by atoms with Gasteiger partial charge in [-0.25, -0.2) is 14.0 Å². The number of hydrogen-bond donors (Lipinski definition) is 0. The summed E-state index contributed by atoms with van der Waals surface area (Å²) in [6.45, 7) is 1.07. The number of nitrogens with zero attached hydrogens (tertiary/aromatic N) is 5. The van der Waals surface area contributed by atoms with Crippen molar-refractivity contribution in [3.63, 3.8) is 0 Å². The maximum atomic E-state index is 13.5. The van der Waals surface area contributed by atoms with Gasteiger partial charge in [-0.15, -0.1) is 5.10 Å². The fourth-order valence-corrected chi connectivity index (χ4v) is 4.51. The molecule has 2 fully saturated rings. The lowest BCUT2D eigenvalue weighted by Crippen LogP contribution is -2.41. The molecule has 0 spiro atoms. The van der Waals surface area contributed by atoms with Gasteiger partial charge < -0.3 is 4.90 Å². The summed E-state index contributed by atoms with van der Waals surface area (Å²) >= 11 is 6.32. The molecule has 11 heteroatoms. The van der Waals surface area contributed by atoms with E-state index in [1.54, 1.807) is 6.07 Å². The molecule has 3 aromatic rings. The van der Waals surface area contributed by atoms with Crippen molar-refractivity contribution in [3.8, 4) is 17.1 Å². The van der Waals surface area contributed by atoms with Crippen LogP contribution in [0.15, 0.2) is 47.5 Å². The maximum Gasteiger partial charge on any atom is 0.416 e. The molecule has 3 heterocycles. The molecule has 2 aromatic heterocycles. The van der Waals surface area contributed by atoms with Crippen LogP contribution < -0.4 is 5.69 Å². The number of hydrogen-bond acceptors (Lipinski definition) is 4. The van der Waals surface area contributed by atoms with Crippen LogP contribution >= 0.6 is 11.6 Å². The monoisotopic (exact) mass is 491 g/mol. The third-order valence-corrected chi connectivity index (χ3v) is 6.62. The number of rotatable bonds is 4. The van der Waals surface area contributed by atoms with Gasteiger partial charge in [0.1, 0.15) is 0 Å². The Morgan fingerprint density at radius 1 is 1.03 bits per heavy atom. The van der Waals surface area contributed by atoms with Crippen LogP contribution in [-0.4, -0.2) is 43.2 Å². The first-order chi connectivity index (χ1) is 16.2. The topological polar surface area (TPSA) is 73.0 Å². The Labute approximate surface area is 197 Å². The minimum atomic E-state index is -4.49. The van der Waals surface area contributed by atoms with E-state index in [1.165, 1.54) is 33.8 Å². The standard InChI is InChI=1S/C23H21ClF3N5O2/c24-19-13-28-10-7-18(19)20-29-32(17-8-11-30(12-9-17)21(33)14-1-2-14)22(34)31(20)16-5-3-15(4-6-16)23(25,26)27/h3-7,10,13-14,17H,1-2,8-9,11-12H2. The van der Waals surface area contributed by atoms with Crippen LogP contribution in [0.4, 0.5) is 13.2 Å². The molecule has 1 aliphatic carbocycles. The van der Waals surface area contributed by atoms with E-state index in [0.717, 1.165) is 25.0 Å². The molecular formula is C23H21ClF3N5O2. The van der Waals surface area contributed by atoms with Crippen LogP contribution in [-0.2, 0) is 11.0 Å². The highest BCUT2D eigenvalue weighted by molar-refractivity contribution is 6.33. The van der Waals surface area contributed by atoms with Gasteiger partial charge in [0.05, 0.1) is 22.3 Å². The lowest BCUT2D eigenvalue weighted by Gasteiger charge is -2.31. The van der Waals surface area contributed by atoms with Crippen LogP contribution in [0, 0.1) is 5.92 Å². The number of amides is 1. The number of carbonyl (C=O) groups excluding carboxylic acids is 1. The minimum absolute atomic E-state index is 0.138. The Kier molecular flexibility index (Phi) is 5.71. The van der Waals surface area contributed by atoms with E-state index in [-0.39, 0.29) is 34.4 Å². The third-order valence-electron chi connectivity index (χ3n) is 6.32. The molecule has 34 heavy (non-hydrogen) atoms. The summed E-state index contributed by atoms with van der Waals surface area (Å²) in [7, 11) is 0. The van der Waals surface area contributed by atoms with Crippen molar-refractivity contribution in [1.29, 1.82) is 0 Å². The van der Waals surface area contributed by atoms with Gasteiger partial charge in [0, 0.05) is 37.0 Å². The van der Waals surface area contributed by atoms with Gasteiger partial charge in [0.15, 0.2) is 5.82 Å². The molecular weight excluding hydrogens is 471 g/mol. The van der Waals surface area contributed by atoms with Crippen molar-refractivity contribution in [2.75, 3.05) is 13.1 Å². The fourth-order valence-electron chi connectivity index (χ4n) is 4.30. The zero-order valence-electron chi connectivity index (χ0n) is 18.0. The van der Waals surface area contributed by atoms with Crippen LogP contribution in [0.2, 0.25) is 5.02 Å². The average molecular weight is 492 g/mol. The first-order valence-corrected chi connectivity index (χ1v) is 11.4. The van der Waals surface area contributed by atoms with E-state index < -0.39 is 17.4 Å². The zero-order chi connectivity index (χ0) is 24.0. The fraction of sp³-hybridized carbons (Fsp3) is 0.391. The Balaban J connectivity index is 1.52. The first-order valence-electron chi connectivity index (χ1n) is 11.0. The van der Waals surface area contributed by atoms with E-state index in [1.807, 2.05) is 4.90 Å². The van der Waals surface area contributed by atoms with Crippen LogP contribution in [0.3, 0.4) is 0 Å². The summed E-state index contributed by atoms with van der Waals surface area (Å²) < 4.78 is 41.8. The molecule has 0 N–H and O–H groups in total. The summed E-state index contributed by atoms with van der Waals surface area (Å²) in [5.41, 5.74) is -0.607. The van der Waals surface area contributed by atoms with Gasteiger partial charge in [0.25, 0.3) is 0 Å². The second-order valence-electron chi connectivity index (χ2n) is 8.62. The number of alkyl halides is 3. The van der Waals surface area contributed by atoms with Crippen LogP contribution in [0.5, 0.6) is 0 Å². The van der Waals surface area contributed by atoms with Crippen molar-refractivity contribution in [2.24, 2.45) is 5.92 Å². The molecule has 1 saturated carbocycles. The first kappa shape index (κ1) is 22.6. The van der Waals surface area contributed by atoms with Crippen LogP contribution in [0.1, 0.15) is 37.3 Å². The Bertz CT molecular complexity index is 1270. The van der Waals surface area contributed by atoms with Crippen molar-refractivity contribution in [3.05, 3.63) is 63.8 Å². The molecule has 1 aliphatic heterocycles. The third kappa shape index (κ3) is 4.22. The van der Waals surface area contributed by atoms with Gasteiger partial charge in [0.2, 0.25) is 5.91 Å². The number of benzene rings is 1. The molecule has 1 aromatic carbocycles. The highest BCUT2D eigenvalue weighted by Gasteiger charge is 2.36. The van der Waals surface area contributed by atoms with E-state index in [2.05, 4.69) is 10.1 Å². The van der Waals surface area contributed by atoms with E-state index in [0.29, 0.717) is 31.5 Å². The van der Waals surface area contributed by atoms with E-state index >= 15 is 0 Å². The quantitative estimate of drug-likeness (QED) is 0.544. The van der Waals surface area contributed by atoms with Gasteiger partial charge in [-0.3, -0.25) is 9.78 Å². The normalized spacial score (nSPS) is 17.2. The second kappa shape index (κ2) is 8.57. The number of carbonyl (C=O) groups is 1. The van der Waals surface area contributed by atoms with Crippen LogP contribution in [0.25, 0.3) is 17.1 Å². The number of likely N-dealkylation sites (tertiary alicyclic amines) is 1. The smallest absolute Gasteiger partial charge is 0.342 e. The lowest BCUT2D eigenvalue weighted by molar-refractivity contribution is -0.137. The van der Waals surface area contributed by atoms with Crippen molar-refractivity contribution in [2.45, 2.75) is 37.9 Å². The molecule has 0 atom stereocenters.